The molecule has 2 N–H and O–H groups in total. The summed E-state index contributed by atoms with van der Waals surface area (Å²) in [5.74, 6) is -0.0161. The fourth-order valence-corrected chi connectivity index (χ4v) is 4.63. The van der Waals surface area contributed by atoms with Crippen LogP contribution in [-0.2, 0) is 19.6 Å². The molecule has 27 heavy (non-hydrogen) atoms. The van der Waals surface area contributed by atoms with Crippen LogP contribution in [0, 0.1) is 0 Å². The molecule has 1 fully saturated rings. The smallest absolute Gasteiger partial charge is 0.263 e. The standard InChI is InChI=1S/C19H27N3O4S/c1-14(19(23)20-12-7-13-26-15-8-3-2-4-9-15)21-18-16-10-5-6-11-17(16)27(24,25)22-18/h5-6,10-11,14-15H,2-4,7-9,12-13H2,1H3,(H,20,23)(H,21,22)/t14-/m1/s1. The maximum absolute atomic E-state index is 12.2. The van der Waals surface area contributed by atoms with E-state index in [2.05, 4.69) is 15.0 Å². The number of fused-ring (bicyclic) bond motifs is 1. The summed E-state index contributed by atoms with van der Waals surface area (Å²) in [5, 5.41) is 2.84. The van der Waals surface area contributed by atoms with Gasteiger partial charge in [0.05, 0.1) is 11.0 Å². The Kier molecular flexibility index (Phi) is 6.49. The average molecular weight is 394 g/mol. The highest BCUT2D eigenvalue weighted by molar-refractivity contribution is 7.90. The van der Waals surface area contributed by atoms with Crippen LogP contribution in [0.2, 0.25) is 0 Å². The number of ether oxygens (including phenoxy) is 1. The van der Waals surface area contributed by atoms with Crippen molar-refractivity contribution in [3.63, 3.8) is 0 Å². The van der Waals surface area contributed by atoms with E-state index in [1.54, 1.807) is 25.1 Å². The van der Waals surface area contributed by atoms with Crippen LogP contribution in [0.4, 0.5) is 0 Å². The normalized spacial score (nSPS) is 21.4. The van der Waals surface area contributed by atoms with Crippen LogP contribution in [0.1, 0.15) is 51.0 Å². The molecule has 0 unspecified atom stereocenters. The lowest BCUT2D eigenvalue weighted by Gasteiger charge is -2.22. The molecule has 1 saturated carbocycles. The number of amides is 1. The summed E-state index contributed by atoms with van der Waals surface area (Å²) in [7, 11) is -3.59. The van der Waals surface area contributed by atoms with Gasteiger partial charge in [0.25, 0.3) is 10.0 Å². The van der Waals surface area contributed by atoms with Crippen molar-refractivity contribution in [1.29, 1.82) is 0 Å². The lowest BCUT2D eigenvalue weighted by Crippen LogP contribution is -2.35. The van der Waals surface area contributed by atoms with Crippen LogP contribution in [-0.4, -0.2) is 45.5 Å². The van der Waals surface area contributed by atoms with Crippen LogP contribution in [0.25, 0.3) is 0 Å². The van der Waals surface area contributed by atoms with Gasteiger partial charge in [0.1, 0.15) is 11.9 Å². The van der Waals surface area contributed by atoms with E-state index in [9.17, 15) is 13.2 Å². The summed E-state index contributed by atoms with van der Waals surface area (Å²) < 4.78 is 32.4. The fraction of sp³-hybridized carbons (Fsp3) is 0.579. The van der Waals surface area contributed by atoms with E-state index >= 15 is 0 Å². The molecule has 1 aromatic rings. The predicted molar refractivity (Wildman–Crippen MR) is 103 cm³/mol. The van der Waals surface area contributed by atoms with E-state index in [1.807, 2.05) is 0 Å². The van der Waals surface area contributed by atoms with E-state index in [4.69, 9.17) is 4.74 Å². The van der Waals surface area contributed by atoms with Gasteiger partial charge in [0.15, 0.2) is 0 Å². The quantitative estimate of drug-likeness (QED) is 0.692. The van der Waals surface area contributed by atoms with Crippen LogP contribution in [0.5, 0.6) is 0 Å². The molecule has 0 bridgehead atoms. The molecule has 1 aliphatic heterocycles. The molecule has 1 aromatic carbocycles. The number of hydrogen-bond acceptors (Lipinski definition) is 5. The number of nitrogens with zero attached hydrogens (tertiary/aromatic N) is 1. The molecule has 2 aliphatic rings. The van der Waals surface area contributed by atoms with Gasteiger partial charge in [-0.15, -0.1) is 0 Å². The van der Waals surface area contributed by atoms with Gasteiger partial charge in [-0.1, -0.05) is 31.4 Å². The van der Waals surface area contributed by atoms with Crippen molar-refractivity contribution in [2.75, 3.05) is 13.2 Å². The van der Waals surface area contributed by atoms with Crippen molar-refractivity contribution in [1.82, 2.24) is 10.0 Å². The highest BCUT2D eigenvalue weighted by Crippen LogP contribution is 2.22. The maximum atomic E-state index is 12.2. The number of rotatable bonds is 7. The van der Waals surface area contributed by atoms with E-state index < -0.39 is 16.1 Å². The fourth-order valence-electron chi connectivity index (χ4n) is 3.40. The minimum atomic E-state index is -3.59. The van der Waals surface area contributed by atoms with Crippen molar-refractivity contribution < 1.29 is 17.9 Å². The lowest BCUT2D eigenvalue weighted by molar-refractivity contribution is -0.121. The van der Waals surface area contributed by atoms with E-state index in [0.717, 1.165) is 19.3 Å². The second-order valence-electron chi connectivity index (χ2n) is 7.03. The van der Waals surface area contributed by atoms with Gasteiger partial charge in [-0.3, -0.25) is 14.5 Å². The minimum absolute atomic E-state index is 0.191. The second-order valence-corrected chi connectivity index (χ2v) is 8.68. The molecule has 0 radical (unpaired) electrons. The molecule has 0 spiro atoms. The summed E-state index contributed by atoms with van der Waals surface area (Å²) in [6.07, 6.45) is 7.18. The van der Waals surface area contributed by atoms with Gasteiger partial charge in [-0.05, 0) is 38.3 Å². The van der Waals surface area contributed by atoms with Crippen LogP contribution in [0.15, 0.2) is 34.2 Å². The first-order valence-electron chi connectivity index (χ1n) is 9.57. The Bertz CT molecular complexity index is 801. The molecular formula is C19H27N3O4S. The topological polar surface area (TPSA) is 96.9 Å². The minimum Gasteiger partial charge on any atom is -0.378 e. The molecular weight excluding hydrogens is 366 g/mol. The largest absolute Gasteiger partial charge is 0.378 e. The van der Waals surface area contributed by atoms with Crippen LogP contribution < -0.4 is 10.0 Å². The third-order valence-corrected chi connectivity index (χ3v) is 6.29. The van der Waals surface area contributed by atoms with Crippen molar-refractivity contribution in [2.24, 2.45) is 4.99 Å². The summed E-state index contributed by atoms with van der Waals surface area (Å²) in [4.78, 5) is 16.7. The maximum Gasteiger partial charge on any atom is 0.263 e. The predicted octanol–water partition coefficient (Wildman–Crippen LogP) is 1.97. The number of benzene rings is 1. The highest BCUT2D eigenvalue weighted by atomic mass is 32.2. The average Bonchev–Trinajstić information content (AvgIpc) is 2.92. The summed E-state index contributed by atoms with van der Waals surface area (Å²) in [6, 6.07) is 5.92. The molecule has 8 heteroatoms. The van der Waals surface area contributed by atoms with Gasteiger partial charge < -0.3 is 10.1 Å². The first kappa shape index (κ1) is 19.8. The number of aliphatic imine (C=N–C) groups is 1. The first-order chi connectivity index (χ1) is 13.0. The van der Waals surface area contributed by atoms with E-state index in [0.29, 0.717) is 24.8 Å². The zero-order valence-electron chi connectivity index (χ0n) is 15.6. The Balaban J connectivity index is 1.46. The van der Waals surface area contributed by atoms with Crippen molar-refractivity contribution in [2.45, 2.75) is 62.5 Å². The number of amidine groups is 1. The number of hydrogen-bond donors (Lipinski definition) is 2. The monoisotopic (exact) mass is 393 g/mol. The Morgan fingerprint density at radius 1 is 1.30 bits per heavy atom. The van der Waals surface area contributed by atoms with Gasteiger partial charge in [-0.25, -0.2) is 8.42 Å². The highest BCUT2D eigenvalue weighted by Gasteiger charge is 2.31. The van der Waals surface area contributed by atoms with E-state index in [-0.39, 0.29) is 16.6 Å². The van der Waals surface area contributed by atoms with Gasteiger partial charge >= 0.3 is 0 Å². The number of nitrogens with one attached hydrogen (secondary N) is 2. The van der Waals surface area contributed by atoms with Crippen molar-refractivity contribution >= 4 is 21.8 Å². The molecule has 0 saturated heterocycles. The molecule has 7 nitrogen and oxygen atoms in total. The molecule has 148 valence electrons. The molecule has 1 amide bonds. The molecule has 3 rings (SSSR count). The summed E-state index contributed by atoms with van der Waals surface area (Å²) >= 11 is 0. The van der Waals surface area contributed by atoms with Crippen LogP contribution >= 0.6 is 0 Å². The molecule has 1 heterocycles. The van der Waals surface area contributed by atoms with Crippen molar-refractivity contribution in [3.8, 4) is 0 Å². The van der Waals surface area contributed by atoms with Crippen LogP contribution in [0.3, 0.4) is 0 Å². The third-order valence-electron chi connectivity index (χ3n) is 4.89. The number of sulfonamides is 1. The lowest BCUT2D eigenvalue weighted by atomic mass is 9.98. The molecule has 1 aliphatic carbocycles. The Morgan fingerprint density at radius 3 is 2.81 bits per heavy atom. The van der Waals surface area contributed by atoms with Crippen molar-refractivity contribution in [3.05, 3.63) is 29.8 Å². The summed E-state index contributed by atoms with van der Waals surface area (Å²) in [5.41, 5.74) is 0.498. The number of carbonyl (C=O) groups is 1. The van der Waals surface area contributed by atoms with Gasteiger partial charge in [-0.2, -0.15) is 0 Å². The molecule has 0 aromatic heterocycles. The first-order valence-corrected chi connectivity index (χ1v) is 11.0. The Hall–Kier alpha value is -1.93. The zero-order valence-corrected chi connectivity index (χ0v) is 16.4. The third kappa shape index (κ3) is 5.07. The van der Waals surface area contributed by atoms with Gasteiger partial charge in [0.2, 0.25) is 5.91 Å². The second kappa shape index (κ2) is 8.84. The summed E-state index contributed by atoms with van der Waals surface area (Å²) in [6.45, 7) is 2.81. The Labute approximate surface area is 160 Å². The number of carbonyl (C=O) groups excluding carboxylic acids is 1. The zero-order chi connectivity index (χ0) is 19.3. The van der Waals surface area contributed by atoms with Gasteiger partial charge in [0, 0.05) is 18.7 Å². The molecule has 1 atom stereocenters. The Morgan fingerprint density at radius 2 is 2.04 bits per heavy atom. The SMILES string of the molecule is C[C@@H](N=C1NS(=O)(=O)c2ccccc21)C(=O)NCCCOC1CCCCC1. The van der Waals surface area contributed by atoms with E-state index in [1.165, 1.54) is 25.3 Å².